The van der Waals surface area contributed by atoms with Crippen molar-refractivity contribution in [2.24, 2.45) is 0 Å². The standard InChI is InChI=1S/C11H10N4/c1-8-7-12-11-13-10(14-15(8)11)9-5-3-2-4-6-9/h2-7H,1H3,(H,12,13,14). The number of nitrogens with zero attached hydrogens (tertiary/aromatic N) is 3. The average Bonchev–Trinajstić information content (AvgIpc) is 2.83. The normalized spacial score (nSPS) is 11.0. The zero-order valence-corrected chi connectivity index (χ0v) is 8.31. The summed E-state index contributed by atoms with van der Waals surface area (Å²) in [5, 5.41) is 3.20. The van der Waals surface area contributed by atoms with E-state index in [4.69, 9.17) is 0 Å². The number of benzene rings is 1. The van der Waals surface area contributed by atoms with Crippen LogP contribution < -0.4 is 0 Å². The van der Waals surface area contributed by atoms with Crippen LogP contribution in [-0.2, 0) is 0 Å². The molecule has 0 unspecified atom stereocenters. The number of nitrogens with one attached hydrogen (secondary N) is 1. The van der Waals surface area contributed by atoms with E-state index in [1.54, 1.807) is 6.20 Å². The quantitative estimate of drug-likeness (QED) is 0.650. The van der Waals surface area contributed by atoms with E-state index < -0.39 is 0 Å². The highest BCUT2D eigenvalue weighted by atomic mass is 15.3. The number of aromatic amines is 1. The van der Waals surface area contributed by atoms with Gasteiger partial charge in [0.25, 0.3) is 5.78 Å². The van der Waals surface area contributed by atoms with Gasteiger partial charge in [-0.1, -0.05) is 30.3 Å². The van der Waals surface area contributed by atoms with E-state index >= 15 is 0 Å². The van der Waals surface area contributed by atoms with Crippen LogP contribution in [0.3, 0.4) is 0 Å². The van der Waals surface area contributed by atoms with Gasteiger partial charge in [0.2, 0.25) is 0 Å². The third kappa shape index (κ3) is 1.22. The monoisotopic (exact) mass is 198 g/mol. The maximum absolute atomic E-state index is 4.40. The summed E-state index contributed by atoms with van der Waals surface area (Å²) < 4.78 is 1.88. The number of hydrogen-bond acceptors (Lipinski definition) is 2. The van der Waals surface area contributed by atoms with Gasteiger partial charge < -0.3 is 0 Å². The molecule has 0 aliphatic heterocycles. The summed E-state index contributed by atoms with van der Waals surface area (Å²) >= 11 is 0. The van der Waals surface area contributed by atoms with Gasteiger partial charge in [-0.15, -0.1) is 0 Å². The second-order valence-electron chi connectivity index (χ2n) is 3.47. The van der Waals surface area contributed by atoms with Gasteiger partial charge in [-0.05, 0) is 6.92 Å². The maximum atomic E-state index is 4.40. The average molecular weight is 198 g/mol. The Labute approximate surface area is 86.6 Å². The molecule has 0 bridgehead atoms. The first-order chi connectivity index (χ1) is 7.34. The molecule has 0 saturated heterocycles. The Hall–Kier alpha value is -2.10. The molecule has 4 nitrogen and oxygen atoms in total. The number of rotatable bonds is 1. The van der Waals surface area contributed by atoms with Crippen LogP contribution in [0.25, 0.3) is 17.2 Å². The molecular weight excluding hydrogens is 188 g/mol. The number of aryl methyl sites for hydroxylation is 1. The molecule has 3 aromatic rings. The molecule has 0 aliphatic rings. The molecule has 0 aliphatic carbocycles. The molecule has 2 heterocycles. The van der Waals surface area contributed by atoms with Crippen molar-refractivity contribution >= 4 is 5.78 Å². The fourth-order valence-corrected chi connectivity index (χ4v) is 1.60. The van der Waals surface area contributed by atoms with Crippen molar-refractivity contribution in [2.75, 3.05) is 0 Å². The summed E-state index contributed by atoms with van der Waals surface area (Å²) in [6, 6.07) is 10.0. The highest BCUT2D eigenvalue weighted by molar-refractivity contribution is 5.56. The van der Waals surface area contributed by atoms with E-state index in [-0.39, 0.29) is 0 Å². The Morgan fingerprint density at radius 3 is 2.73 bits per heavy atom. The molecule has 1 N–H and O–H groups in total. The van der Waals surface area contributed by atoms with E-state index in [2.05, 4.69) is 15.1 Å². The first-order valence-electron chi connectivity index (χ1n) is 4.80. The number of hydrogen-bond donors (Lipinski definition) is 1. The number of imidazole rings is 1. The Morgan fingerprint density at radius 1 is 1.20 bits per heavy atom. The molecule has 0 amide bonds. The molecule has 1 aromatic carbocycles. The molecule has 0 fully saturated rings. The molecule has 2 aromatic heterocycles. The van der Waals surface area contributed by atoms with Crippen molar-refractivity contribution in [3.05, 3.63) is 42.2 Å². The topological polar surface area (TPSA) is 46.0 Å². The van der Waals surface area contributed by atoms with E-state index in [1.165, 1.54) is 0 Å². The lowest BCUT2D eigenvalue weighted by molar-refractivity contribution is 0.935. The summed E-state index contributed by atoms with van der Waals surface area (Å²) in [5.41, 5.74) is 2.13. The highest BCUT2D eigenvalue weighted by Crippen LogP contribution is 2.15. The predicted octanol–water partition coefficient (Wildman–Crippen LogP) is 2.03. The summed E-state index contributed by atoms with van der Waals surface area (Å²) in [6.07, 6.45) is 1.80. The summed E-state index contributed by atoms with van der Waals surface area (Å²) in [4.78, 5) is 8.59. The van der Waals surface area contributed by atoms with Gasteiger partial charge in [-0.25, -0.2) is 9.50 Å². The van der Waals surface area contributed by atoms with Gasteiger partial charge in [0.15, 0.2) is 5.82 Å². The van der Waals surface area contributed by atoms with E-state index in [1.807, 2.05) is 41.8 Å². The van der Waals surface area contributed by atoms with Gasteiger partial charge in [0.1, 0.15) is 0 Å². The molecule has 15 heavy (non-hydrogen) atoms. The van der Waals surface area contributed by atoms with Crippen molar-refractivity contribution < 1.29 is 0 Å². The minimum Gasteiger partial charge on any atom is -0.274 e. The van der Waals surface area contributed by atoms with Crippen molar-refractivity contribution in [1.29, 1.82) is 0 Å². The molecular formula is C11H10N4. The van der Waals surface area contributed by atoms with Crippen LogP contribution in [0.5, 0.6) is 0 Å². The zero-order valence-electron chi connectivity index (χ0n) is 8.31. The zero-order chi connectivity index (χ0) is 10.3. The van der Waals surface area contributed by atoms with E-state index in [0.29, 0.717) is 5.78 Å². The predicted molar refractivity (Wildman–Crippen MR) is 57.5 cm³/mol. The lowest BCUT2D eigenvalue weighted by Crippen LogP contribution is -1.86. The van der Waals surface area contributed by atoms with Crippen molar-refractivity contribution in [1.82, 2.24) is 19.6 Å². The Morgan fingerprint density at radius 2 is 2.00 bits per heavy atom. The summed E-state index contributed by atoms with van der Waals surface area (Å²) in [5.74, 6) is 1.56. The van der Waals surface area contributed by atoms with E-state index in [0.717, 1.165) is 17.1 Å². The van der Waals surface area contributed by atoms with Crippen LogP contribution in [0.4, 0.5) is 0 Å². The minimum absolute atomic E-state index is 0.714. The lowest BCUT2D eigenvalue weighted by Gasteiger charge is -1.93. The SMILES string of the molecule is Cc1cnc2nc(-c3ccccc3)[nH]n12. The largest absolute Gasteiger partial charge is 0.274 e. The smallest absolute Gasteiger partial charge is 0.251 e. The van der Waals surface area contributed by atoms with Gasteiger partial charge in [-0.3, -0.25) is 5.10 Å². The molecule has 74 valence electrons. The van der Waals surface area contributed by atoms with Gasteiger partial charge in [-0.2, -0.15) is 4.98 Å². The van der Waals surface area contributed by atoms with Crippen LogP contribution in [0.1, 0.15) is 5.69 Å². The van der Waals surface area contributed by atoms with Crippen LogP contribution in [-0.4, -0.2) is 19.6 Å². The second kappa shape index (κ2) is 2.95. The molecule has 0 spiro atoms. The van der Waals surface area contributed by atoms with Gasteiger partial charge in [0, 0.05) is 5.56 Å². The van der Waals surface area contributed by atoms with Crippen LogP contribution in [0, 0.1) is 6.92 Å². The van der Waals surface area contributed by atoms with Crippen molar-refractivity contribution in [3.8, 4) is 11.4 Å². The third-order valence-electron chi connectivity index (χ3n) is 2.40. The van der Waals surface area contributed by atoms with Gasteiger partial charge in [0.05, 0.1) is 11.9 Å². The van der Waals surface area contributed by atoms with E-state index in [9.17, 15) is 0 Å². The third-order valence-corrected chi connectivity index (χ3v) is 2.40. The Kier molecular flexibility index (Phi) is 1.62. The molecule has 4 heteroatoms. The van der Waals surface area contributed by atoms with Crippen molar-refractivity contribution in [2.45, 2.75) is 6.92 Å². The Bertz CT molecular complexity index is 591. The number of fused-ring (bicyclic) bond motifs is 1. The maximum Gasteiger partial charge on any atom is 0.251 e. The number of H-pyrrole nitrogens is 1. The van der Waals surface area contributed by atoms with Crippen LogP contribution >= 0.6 is 0 Å². The van der Waals surface area contributed by atoms with Crippen LogP contribution in [0.15, 0.2) is 36.5 Å². The van der Waals surface area contributed by atoms with Crippen molar-refractivity contribution in [3.63, 3.8) is 0 Å². The number of aromatic nitrogens is 4. The first-order valence-corrected chi connectivity index (χ1v) is 4.80. The molecule has 0 atom stereocenters. The Balaban J connectivity index is 2.20. The van der Waals surface area contributed by atoms with Crippen LogP contribution in [0.2, 0.25) is 0 Å². The minimum atomic E-state index is 0.714. The molecule has 0 radical (unpaired) electrons. The fraction of sp³-hybridized carbons (Fsp3) is 0.0909. The summed E-state index contributed by atoms with van der Waals surface area (Å²) in [7, 11) is 0. The highest BCUT2D eigenvalue weighted by Gasteiger charge is 2.06. The molecule has 0 saturated carbocycles. The second-order valence-corrected chi connectivity index (χ2v) is 3.47. The molecule has 3 rings (SSSR count). The van der Waals surface area contributed by atoms with Gasteiger partial charge >= 0.3 is 0 Å². The summed E-state index contributed by atoms with van der Waals surface area (Å²) in [6.45, 7) is 1.99. The fourth-order valence-electron chi connectivity index (χ4n) is 1.60. The first kappa shape index (κ1) is 8.23. The lowest BCUT2D eigenvalue weighted by atomic mass is 10.2.